The summed E-state index contributed by atoms with van der Waals surface area (Å²) in [6.07, 6.45) is 7.24. The molecule has 0 aliphatic carbocycles. The number of hydrogen-bond acceptors (Lipinski definition) is 3. The summed E-state index contributed by atoms with van der Waals surface area (Å²) in [4.78, 5) is 6.42. The van der Waals surface area contributed by atoms with Crippen molar-refractivity contribution in [2.24, 2.45) is 0 Å². The molecule has 1 atom stereocenters. The molecule has 0 aromatic carbocycles. The second-order valence-electron chi connectivity index (χ2n) is 4.81. The summed E-state index contributed by atoms with van der Waals surface area (Å²) in [5, 5.41) is 3.62. The van der Waals surface area contributed by atoms with Gasteiger partial charge in [0.2, 0.25) is 0 Å². The highest BCUT2D eigenvalue weighted by Crippen LogP contribution is 2.05. The van der Waals surface area contributed by atoms with Crippen molar-refractivity contribution >= 4 is 0 Å². The third kappa shape index (κ3) is 6.39. The Hall–Kier alpha value is -0.930. The number of nitrogens with zero attached hydrogens (tertiary/aromatic N) is 2. The van der Waals surface area contributed by atoms with E-state index in [9.17, 15) is 0 Å². The standard InChI is InChI=1S/C14H25N3/c1-4-8-16-14(7-10-17(2)3)11-13-6-5-9-15-12-13/h5-6,9,12,14,16H,4,7-8,10-11H2,1-3H3. The summed E-state index contributed by atoms with van der Waals surface area (Å²) in [6, 6.07) is 4.73. The Labute approximate surface area is 105 Å². The predicted molar refractivity (Wildman–Crippen MR) is 73.2 cm³/mol. The molecule has 0 radical (unpaired) electrons. The summed E-state index contributed by atoms with van der Waals surface area (Å²) in [7, 11) is 4.25. The molecule has 3 heteroatoms. The van der Waals surface area contributed by atoms with Crippen LogP contribution in [0.3, 0.4) is 0 Å². The molecule has 0 aliphatic heterocycles. The fourth-order valence-corrected chi connectivity index (χ4v) is 1.84. The molecule has 1 rings (SSSR count). The highest BCUT2D eigenvalue weighted by Gasteiger charge is 2.09. The summed E-state index contributed by atoms with van der Waals surface area (Å²) in [6.45, 7) is 4.43. The Morgan fingerprint density at radius 2 is 2.24 bits per heavy atom. The largest absolute Gasteiger partial charge is 0.314 e. The molecule has 1 aromatic heterocycles. The van der Waals surface area contributed by atoms with Crippen LogP contribution in [0.15, 0.2) is 24.5 Å². The molecule has 0 bridgehead atoms. The minimum Gasteiger partial charge on any atom is -0.314 e. The van der Waals surface area contributed by atoms with Crippen molar-refractivity contribution in [3.05, 3.63) is 30.1 Å². The van der Waals surface area contributed by atoms with E-state index in [1.54, 1.807) is 0 Å². The summed E-state index contributed by atoms with van der Waals surface area (Å²) < 4.78 is 0. The second kappa shape index (κ2) is 8.20. The maximum atomic E-state index is 4.18. The predicted octanol–water partition coefficient (Wildman–Crippen LogP) is 1.94. The first-order chi connectivity index (χ1) is 8.22. The van der Waals surface area contributed by atoms with Gasteiger partial charge in [0.15, 0.2) is 0 Å². The van der Waals surface area contributed by atoms with Gasteiger partial charge >= 0.3 is 0 Å². The van der Waals surface area contributed by atoms with E-state index in [1.807, 2.05) is 18.5 Å². The number of hydrogen-bond donors (Lipinski definition) is 1. The number of aromatic nitrogens is 1. The van der Waals surface area contributed by atoms with Crippen LogP contribution in [0.5, 0.6) is 0 Å². The summed E-state index contributed by atoms with van der Waals surface area (Å²) >= 11 is 0. The SMILES string of the molecule is CCCNC(CCN(C)C)Cc1cccnc1. The lowest BCUT2D eigenvalue weighted by Crippen LogP contribution is -2.34. The Bertz CT molecular complexity index is 285. The van der Waals surface area contributed by atoms with Gasteiger partial charge in [-0.1, -0.05) is 13.0 Å². The second-order valence-corrected chi connectivity index (χ2v) is 4.81. The minimum atomic E-state index is 0.557. The fraction of sp³-hybridized carbons (Fsp3) is 0.643. The van der Waals surface area contributed by atoms with Gasteiger partial charge in [0.25, 0.3) is 0 Å². The van der Waals surface area contributed by atoms with E-state index in [0.29, 0.717) is 6.04 Å². The van der Waals surface area contributed by atoms with Gasteiger partial charge in [0.1, 0.15) is 0 Å². The highest BCUT2D eigenvalue weighted by atomic mass is 15.1. The molecule has 0 aliphatic rings. The number of nitrogens with one attached hydrogen (secondary N) is 1. The van der Waals surface area contributed by atoms with Gasteiger partial charge in [-0.25, -0.2) is 0 Å². The molecular formula is C14H25N3. The average Bonchev–Trinajstić information content (AvgIpc) is 2.34. The third-order valence-electron chi connectivity index (χ3n) is 2.81. The first-order valence-electron chi connectivity index (χ1n) is 6.49. The molecule has 0 saturated carbocycles. The first-order valence-corrected chi connectivity index (χ1v) is 6.49. The first kappa shape index (κ1) is 14.1. The van der Waals surface area contributed by atoms with Crippen molar-refractivity contribution < 1.29 is 0 Å². The highest BCUT2D eigenvalue weighted by molar-refractivity contribution is 5.10. The summed E-state index contributed by atoms with van der Waals surface area (Å²) in [5.74, 6) is 0. The van der Waals surface area contributed by atoms with E-state index in [1.165, 1.54) is 18.4 Å². The maximum absolute atomic E-state index is 4.18. The van der Waals surface area contributed by atoms with Crippen molar-refractivity contribution in [2.45, 2.75) is 32.2 Å². The van der Waals surface area contributed by atoms with Crippen LogP contribution < -0.4 is 5.32 Å². The quantitative estimate of drug-likeness (QED) is 0.746. The van der Waals surface area contributed by atoms with Crippen molar-refractivity contribution in [3.8, 4) is 0 Å². The molecule has 96 valence electrons. The van der Waals surface area contributed by atoms with E-state index in [0.717, 1.165) is 19.5 Å². The van der Waals surface area contributed by atoms with Crippen molar-refractivity contribution in [1.82, 2.24) is 15.2 Å². The summed E-state index contributed by atoms with van der Waals surface area (Å²) in [5.41, 5.74) is 1.32. The van der Waals surface area contributed by atoms with Crippen LogP contribution in [0.1, 0.15) is 25.3 Å². The Morgan fingerprint density at radius 1 is 1.41 bits per heavy atom. The zero-order chi connectivity index (χ0) is 12.5. The van der Waals surface area contributed by atoms with Crippen LogP contribution in [0.4, 0.5) is 0 Å². The fourth-order valence-electron chi connectivity index (χ4n) is 1.84. The van der Waals surface area contributed by atoms with Gasteiger partial charge in [-0.05, 0) is 58.1 Å². The molecule has 1 N–H and O–H groups in total. The Kier molecular flexibility index (Phi) is 6.82. The van der Waals surface area contributed by atoms with Gasteiger partial charge in [0, 0.05) is 18.4 Å². The van der Waals surface area contributed by atoms with Crippen LogP contribution in [0.2, 0.25) is 0 Å². The van der Waals surface area contributed by atoms with Gasteiger partial charge in [-0.15, -0.1) is 0 Å². The molecule has 0 spiro atoms. The topological polar surface area (TPSA) is 28.2 Å². The Morgan fingerprint density at radius 3 is 2.82 bits per heavy atom. The van der Waals surface area contributed by atoms with E-state index < -0.39 is 0 Å². The van der Waals surface area contributed by atoms with Gasteiger partial charge in [-0.2, -0.15) is 0 Å². The normalized spacial score (nSPS) is 12.9. The van der Waals surface area contributed by atoms with E-state index in [-0.39, 0.29) is 0 Å². The van der Waals surface area contributed by atoms with Crippen LogP contribution in [0, 0.1) is 0 Å². The Balaban J connectivity index is 2.44. The zero-order valence-electron chi connectivity index (χ0n) is 11.3. The van der Waals surface area contributed by atoms with Crippen LogP contribution in [-0.2, 0) is 6.42 Å². The van der Waals surface area contributed by atoms with E-state index >= 15 is 0 Å². The van der Waals surface area contributed by atoms with Gasteiger partial charge in [-0.3, -0.25) is 4.98 Å². The lowest BCUT2D eigenvalue weighted by atomic mass is 10.0. The number of pyridine rings is 1. The molecular weight excluding hydrogens is 210 g/mol. The van der Waals surface area contributed by atoms with Gasteiger partial charge < -0.3 is 10.2 Å². The van der Waals surface area contributed by atoms with Crippen LogP contribution in [-0.4, -0.2) is 43.1 Å². The van der Waals surface area contributed by atoms with Gasteiger partial charge in [0.05, 0.1) is 0 Å². The van der Waals surface area contributed by atoms with Crippen LogP contribution >= 0.6 is 0 Å². The monoisotopic (exact) mass is 235 g/mol. The third-order valence-corrected chi connectivity index (χ3v) is 2.81. The molecule has 0 amide bonds. The van der Waals surface area contributed by atoms with Crippen molar-refractivity contribution in [3.63, 3.8) is 0 Å². The maximum Gasteiger partial charge on any atom is 0.0300 e. The van der Waals surface area contributed by atoms with E-state index in [4.69, 9.17) is 0 Å². The van der Waals surface area contributed by atoms with Crippen molar-refractivity contribution in [2.75, 3.05) is 27.2 Å². The zero-order valence-corrected chi connectivity index (χ0v) is 11.3. The number of rotatable bonds is 8. The molecule has 0 saturated heterocycles. The smallest absolute Gasteiger partial charge is 0.0300 e. The van der Waals surface area contributed by atoms with Crippen molar-refractivity contribution in [1.29, 1.82) is 0 Å². The lowest BCUT2D eigenvalue weighted by molar-refractivity contribution is 0.356. The molecule has 1 heterocycles. The molecule has 3 nitrogen and oxygen atoms in total. The minimum absolute atomic E-state index is 0.557. The molecule has 17 heavy (non-hydrogen) atoms. The van der Waals surface area contributed by atoms with E-state index in [2.05, 4.69) is 42.3 Å². The molecule has 0 fully saturated rings. The molecule has 1 unspecified atom stereocenters. The van der Waals surface area contributed by atoms with Crippen LogP contribution in [0.25, 0.3) is 0 Å². The lowest BCUT2D eigenvalue weighted by Gasteiger charge is -2.20. The molecule has 1 aromatic rings. The average molecular weight is 235 g/mol.